The van der Waals surface area contributed by atoms with Crippen LogP contribution < -0.4 is 5.32 Å². The van der Waals surface area contributed by atoms with Crippen molar-refractivity contribution in [3.05, 3.63) is 41.7 Å². The maximum atomic E-state index is 13.1. The first-order valence-corrected chi connectivity index (χ1v) is 5.97. The summed E-state index contributed by atoms with van der Waals surface area (Å²) in [7, 11) is 0. The Morgan fingerprint density at radius 1 is 1.21 bits per heavy atom. The molecular formula is C13H16F2N4. The van der Waals surface area contributed by atoms with Gasteiger partial charge in [0.15, 0.2) is 11.6 Å². The smallest absolute Gasteiger partial charge is 0.160 e. The summed E-state index contributed by atoms with van der Waals surface area (Å²) in [5.74, 6) is -1.78. The molecule has 0 aliphatic heterocycles. The monoisotopic (exact) mass is 266 g/mol. The topological polar surface area (TPSA) is 42.7 Å². The summed E-state index contributed by atoms with van der Waals surface area (Å²) < 4.78 is 27.4. The van der Waals surface area contributed by atoms with Gasteiger partial charge in [0.1, 0.15) is 0 Å². The van der Waals surface area contributed by atoms with Crippen molar-refractivity contribution in [1.82, 2.24) is 20.3 Å². The Balaban J connectivity index is 2.14. The molecule has 0 atom stereocenters. The summed E-state index contributed by atoms with van der Waals surface area (Å²) in [6.07, 6.45) is 1.69. The highest BCUT2D eigenvalue weighted by Crippen LogP contribution is 2.12. The fourth-order valence-corrected chi connectivity index (χ4v) is 1.49. The van der Waals surface area contributed by atoms with E-state index < -0.39 is 11.6 Å². The van der Waals surface area contributed by atoms with E-state index >= 15 is 0 Å². The van der Waals surface area contributed by atoms with Gasteiger partial charge < -0.3 is 5.32 Å². The van der Waals surface area contributed by atoms with Crippen LogP contribution in [0.15, 0.2) is 24.4 Å². The first-order valence-electron chi connectivity index (χ1n) is 5.97. The minimum Gasteiger partial charge on any atom is -0.306 e. The average molecular weight is 266 g/mol. The van der Waals surface area contributed by atoms with E-state index in [9.17, 15) is 8.78 Å². The summed E-state index contributed by atoms with van der Waals surface area (Å²) in [5, 5.41) is 11.2. The summed E-state index contributed by atoms with van der Waals surface area (Å²) in [5.41, 5.74) is 1.15. The van der Waals surface area contributed by atoms with Gasteiger partial charge in [-0.25, -0.2) is 13.5 Å². The van der Waals surface area contributed by atoms with Gasteiger partial charge in [-0.05, 0) is 32.9 Å². The third-order valence-corrected chi connectivity index (χ3v) is 2.51. The normalized spacial score (nSPS) is 11.8. The van der Waals surface area contributed by atoms with Crippen molar-refractivity contribution in [2.75, 3.05) is 0 Å². The number of aromatic nitrogens is 3. The Morgan fingerprint density at radius 2 is 1.95 bits per heavy atom. The second-order valence-electron chi connectivity index (χ2n) is 5.36. The van der Waals surface area contributed by atoms with Crippen LogP contribution in [-0.2, 0) is 6.54 Å². The fourth-order valence-electron chi connectivity index (χ4n) is 1.49. The number of rotatable bonds is 3. The average Bonchev–Trinajstić information content (AvgIpc) is 2.78. The van der Waals surface area contributed by atoms with Crippen LogP contribution in [0, 0.1) is 11.6 Å². The number of nitrogens with one attached hydrogen (secondary N) is 1. The molecule has 2 aromatic rings. The van der Waals surface area contributed by atoms with E-state index in [4.69, 9.17) is 0 Å². The highest BCUT2D eigenvalue weighted by molar-refractivity contribution is 5.31. The molecule has 0 saturated carbocycles. The van der Waals surface area contributed by atoms with Crippen molar-refractivity contribution in [3.8, 4) is 5.69 Å². The molecule has 1 aromatic carbocycles. The molecule has 0 saturated heterocycles. The molecule has 0 aliphatic carbocycles. The molecular weight excluding hydrogens is 250 g/mol. The fraction of sp³-hybridized carbons (Fsp3) is 0.385. The van der Waals surface area contributed by atoms with E-state index in [1.54, 1.807) is 6.20 Å². The Hall–Kier alpha value is -1.82. The van der Waals surface area contributed by atoms with Crippen molar-refractivity contribution in [2.24, 2.45) is 0 Å². The van der Waals surface area contributed by atoms with Gasteiger partial charge in [0.2, 0.25) is 0 Å². The highest BCUT2D eigenvalue weighted by atomic mass is 19.2. The largest absolute Gasteiger partial charge is 0.306 e. The van der Waals surface area contributed by atoms with Gasteiger partial charge in [0.05, 0.1) is 17.6 Å². The highest BCUT2D eigenvalue weighted by Gasteiger charge is 2.11. The summed E-state index contributed by atoms with van der Waals surface area (Å²) in [6, 6.07) is 3.61. The zero-order chi connectivity index (χ0) is 14.0. The van der Waals surface area contributed by atoms with Gasteiger partial charge in [-0.1, -0.05) is 5.21 Å². The van der Waals surface area contributed by atoms with E-state index in [2.05, 4.69) is 15.6 Å². The Bertz CT molecular complexity index is 572. The van der Waals surface area contributed by atoms with Crippen molar-refractivity contribution >= 4 is 0 Å². The van der Waals surface area contributed by atoms with Gasteiger partial charge in [-0.2, -0.15) is 0 Å². The van der Waals surface area contributed by atoms with E-state index in [1.165, 1.54) is 10.7 Å². The molecule has 1 aromatic heterocycles. The van der Waals surface area contributed by atoms with Gasteiger partial charge in [-0.15, -0.1) is 5.10 Å². The quantitative estimate of drug-likeness (QED) is 0.927. The third kappa shape index (κ3) is 3.57. The van der Waals surface area contributed by atoms with Gasteiger partial charge in [0.25, 0.3) is 0 Å². The van der Waals surface area contributed by atoms with Gasteiger partial charge >= 0.3 is 0 Å². The summed E-state index contributed by atoms with van der Waals surface area (Å²) in [4.78, 5) is 0. The maximum Gasteiger partial charge on any atom is 0.160 e. The minimum atomic E-state index is -0.901. The van der Waals surface area contributed by atoms with Crippen LogP contribution in [0.25, 0.3) is 5.69 Å². The molecule has 2 rings (SSSR count). The molecule has 6 heteroatoms. The molecule has 0 spiro atoms. The lowest BCUT2D eigenvalue weighted by Crippen LogP contribution is -2.35. The number of nitrogens with zero attached hydrogens (tertiary/aromatic N) is 3. The first-order chi connectivity index (χ1) is 8.85. The molecule has 0 radical (unpaired) electrons. The second kappa shape index (κ2) is 5.05. The Kier molecular flexibility index (Phi) is 3.61. The zero-order valence-corrected chi connectivity index (χ0v) is 11.1. The van der Waals surface area contributed by atoms with Crippen LogP contribution in [0.3, 0.4) is 0 Å². The number of benzene rings is 1. The SMILES string of the molecule is CC(C)(C)NCc1cn(-c2ccc(F)c(F)c2)nn1. The number of hydrogen-bond donors (Lipinski definition) is 1. The second-order valence-corrected chi connectivity index (χ2v) is 5.36. The van der Waals surface area contributed by atoms with Crippen molar-refractivity contribution in [2.45, 2.75) is 32.9 Å². The Morgan fingerprint density at radius 3 is 2.58 bits per heavy atom. The lowest BCUT2D eigenvalue weighted by molar-refractivity contribution is 0.421. The molecule has 0 fully saturated rings. The van der Waals surface area contributed by atoms with Crippen LogP contribution >= 0.6 is 0 Å². The van der Waals surface area contributed by atoms with Crippen LogP contribution in [0.5, 0.6) is 0 Å². The molecule has 4 nitrogen and oxygen atoms in total. The number of hydrogen-bond acceptors (Lipinski definition) is 3. The van der Waals surface area contributed by atoms with Crippen molar-refractivity contribution in [1.29, 1.82) is 0 Å². The van der Waals surface area contributed by atoms with E-state index in [-0.39, 0.29) is 5.54 Å². The predicted octanol–water partition coefficient (Wildman–Crippen LogP) is 2.43. The molecule has 0 aliphatic rings. The van der Waals surface area contributed by atoms with Gasteiger partial charge in [-0.3, -0.25) is 0 Å². The molecule has 0 bridgehead atoms. The summed E-state index contributed by atoms with van der Waals surface area (Å²) in [6.45, 7) is 6.71. The molecule has 1 N–H and O–H groups in total. The zero-order valence-electron chi connectivity index (χ0n) is 11.1. The first kappa shape index (κ1) is 13.6. The molecule has 1 heterocycles. The third-order valence-electron chi connectivity index (χ3n) is 2.51. The lowest BCUT2D eigenvalue weighted by Gasteiger charge is -2.19. The summed E-state index contributed by atoms with van der Waals surface area (Å²) >= 11 is 0. The Labute approximate surface area is 110 Å². The van der Waals surface area contributed by atoms with Crippen LogP contribution in [-0.4, -0.2) is 20.5 Å². The maximum absolute atomic E-state index is 13.1. The molecule has 0 unspecified atom stereocenters. The number of halogens is 2. The van der Waals surface area contributed by atoms with Gasteiger partial charge in [0, 0.05) is 18.2 Å². The minimum absolute atomic E-state index is 0.0221. The molecule has 0 amide bonds. The van der Waals surface area contributed by atoms with E-state index in [0.29, 0.717) is 12.2 Å². The molecule has 19 heavy (non-hydrogen) atoms. The van der Waals surface area contributed by atoms with Crippen LogP contribution in [0.1, 0.15) is 26.5 Å². The van der Waals surface area contributed by atoms with Crippen molar-refractivity contribution < 1.29 is 8.78 Å². The van der Waals surface area contributed by atoms with Crippen LogP contribution in [0.2, 0.25) is 0 Å². The van der Waals surface area contributed by atoms with Crippen molar-refractivity contribution in [3.63, 3.8) is 0 Å². The lowest BCUT2D eigenvalue weighted by atomic mass is 10.1. The standard InChI is InChI=1S/C13H16F2N4/c1-13(2,3)16-7-9-8-19(18-17-9)10-4-5-11(14)12(15)6-10/h4-6,8,16H,7H2,1-3H3. The van der Waals surface area contributed by atoms with E-state index in [0.717, 1.165) is 17.8 Å². The molecule has 102 valence electrons. The van der Waals surface area contributed by atoms with Crippen LogP contribution in [0.4, 0.5) is 8.78 Å². The van der Waals surface area contributed by atoms with E-state index in [1.807, 2.05) is 20.8 Å². The predicted molar refractivity (Wildman–Crippen MR) is 67.9 cm³/mol.